The van der Waals surface area contributed by atoms with E-state index >= 15 is 0 Å². The van der Waals surface area contributed by atoms with Gasteiger partial charge in [0, 0.05) is 13.1 Å². The molecule has 0 spiro atoms. The van der Waals surface area contributed by atoms with E-state index in [-0.39, 0.29) is 5.66 Å². The van der Waals surface area contributed by atoms with Crippen LogP contribution in [-0.4, -0.2) is 18.8 Å². The van der Waals surface area contributed by atoms with Crippen LogP contribution in [0.2, 0.25) is 0 Å². The van der Waals surface area contributed by atoms with Crippen LogP contribution in [0.1, 0.15) is 13.8 Å². The summed E-state index contributed by atoms with van der Waals surface area (Å²) in [5, 5.41) is 3.02. The lowest BCUT2D eigenvalue weighted by Crippen LogP contribution is -2.49. The van der Waals surface area contributed by atoms with E-state index in [1.165, 1.54) is 0 Å². The normalized spacial score (nSPS) is 12.0. The van der Waals surface area contributed by atoms with Crippen LogP contribution in [0.15, 0.2) is 0 Å². The summed E-state index contributed by atoms with van der Waals surface area (Å²) in [7, 11) is 0. The largest absolute Gasteiger partial charge is 0.329 e. The molecule has 0 rings (SSSR count). The quantitative estimate of drug-likeness (QED) is 0.425. The van der Waals surface area contributed by atoms with Gasteiger partial charge in [0.25, 0.3) is 0 Å². The zero-order chi connectivity index (χ0) is 6.62. The van der Waals surface area contributed by atoms with Gasteiger partial charge >= 0.3 is 0 Å². The van der Waals surface area contributed by atoms with E-state index in [9.17, 15) is 0 Å². The molecule has 0 unspecified atom stereocenters. The first-order valence-corrected chi connectivity index (χ1v) is 2.80. The molecular weight excluding hydrogens is 102 g/mol. The molecular formula is C5H15N3. The molecule has 0 aliphatic rings. The van der Waals surface area contributed by atoms with Gasteiger partial charge in [-0.2, -0.15) is 0 Å². The number of nitrogens with two attached hydrogens (primary N) is 2. The van der Waals surface area contributed by atoms with Gasteiger partial charge in [0.15, 0.2) is 0 Å². The first kappa shape index (κ1) is 7.88. The molecule has 0 aliphatic carbocycles. The highest BCUT2D eigenvalue weighted by atomic mass is 15.1. The van der Waals surface area contributed by atoms with Crippen LogP contribution in [0, 0.1) is 0 Å². The van der Waals surface area contributed by atoms with Gasteiger partial charge in [-0.15, -0.1) is 0 Å². The number of nitrogens with one attached hydrogen (secondary N) is 1. The van der Waals surface area contributed by atoms with E-state index in [4.69, 9.17) is 11.5 Å². The summed E-state index contributed by atoms with van der Waals surface area (Å²) in [5.41, 5.74) is 10.5. The minimum Gasteiger partial charge on any atom is -0.329 e. The minimum absolute atomic E-state index is 0.278. The lowest BCUT2D eigenvalue weighted by atomic mass is 10.3. The summed E-state index contributed by atoms with van der Waals surface area (Å²) >= 11 is 0. The summed E-state index contributed by atoms with van der Waals surface area (Å²) in [6, 6.07) is 0. The van der Waals surface area contributed by atoms with Crippen molar-refractivity contribution < 1.29 is 0 Å². The van der Waals surface area contributed by atoms with Crippen molar-refractivity contribution in [3.05, 3.63) is 0 Å². The summed E-state index contributed by atoms with van der Waals surface area (Å²) < 4.78 is 0. The number of hydrogen-bond acceptors (Lipinski definition) is 3. The maximum atomic E-state index is 5.55. The Bertz CT molecular complexity index is 55.2. The van der Waals surface area contributed by atoms with Gasteiger partial charge < -0.3 is 11.5 Å². The maximum absolute atomic E-state index is 5.55. The fourth-order valence-corrected chi connectivity index (χ4v) is 0.394. The Kier molecular flexibility index (Phi) is 2.97. The SMILES string of the molecule is CC(C)(N)NCCN. The highest BCUT2D eigenvalue weighted by Gasteiger charge is 2.05. The number of rotatable bonds is 3. The monoisotopic (exact) mass is 117 g/mol. The lowest BCUT2D eigenvalue weighted by Gasteiger charge is -2.19. The van der Waals surface area contributed by atoms with Crippen molar-refractivity contribution in [1.29, 1.82) is 0 Å². The Balaban J connectivity index is 3.11. The van der Waals surface area contributed by atoms with Gasteiger partial charge in [0.1, 0.15) is 0 Å². The second-order valence-corrected chi connectivity index (χ2v) is 2.44. The average molecular weight is 117 g/mol. The van der Waals surface area contributed by atoms with Crippen LogP contribution < -0.4 is 16.8 Å². The van der Waals surface area contributed by atoms with Gasteiger partial charge in [-0.3, -0.25) is 5.32 Å². The first-order chi connectivity index (χ1) is 3.56. The van der Waals surface area contributed by atoms with Crippen molar-refractivity contribution in [1.82, 2.24) is 5.32 Å². The van der Waals surface area contributed by atoms with Gasteiger partial charge in [-0.25, -0.2) is 0 Å². The third-order valence-corrected chi connectivity index (χ3v) is 0.725. The lowest BCUT2D eigenvalue weighted by molar-refractivity contribution is 0.410. The molecule has 3 heteroatoms. The van der Waals surface area contributed by atoms with Crippen LogP contribution in [0.5, 0.6) is 0 Å². The van der Waals surface area contributed by atoms with E-state index in [0.717, 1.165) is 6.54 Å². The highest BCUT2D eigenvalue weighted by Crippen LogP contribution is 1.85. The van der Waals surface area contributed by atoms with Crippen molar-refractivity contribution >= 4 is 0 Å². The predicted molar refractivity (Wildman–Crippen MR) is 35.3 cm³/mol. The molecule has 0 aliphatic heterocycles. The van der Waals surface area contributed by atoms with Crippen molar-refractivity contribution in [2.75, 3.05) is 13.1 Å². The molecule has 0 fully saturated rings. The van der Waals surface area contributed by atoms with Crippen molar-refractivity contribution in [2.45, 2.75) is 19.5 Å². The minimum atomic E-state index is -0.278. The summed E-state index contributed by atoms with van der Waals surface area (Å²) in [5.74, 6) is 0. The van der Waals surface area contributed by atoms with Gasteiger partial charge in [-0.05, 0) is 13.8 Å². The zero-order valence-corrected chi connectivity index (χ0v) is 5.57. The van der Waals surface area contributed by atoms with Crippen molar-refractivity contribution in [3.63, 3.8) is 0 Å². The average Bonchev–Trinajstić information content (AvgIpc) is 1.59. The molecule has 0 saturated heterocycles. The Morgan fingerprint density at radius 3 is 2.12 bits per heavy atom. The van der Waals surface area contributed by atoms with Gasteiger partial charge in [0.2, 0.25) is 0 Å². The molecule has 0 aromatic carbocycles. The fourth-order valence-electron chi connectivity index (χ4n) is 0.394. The van der Waals surface area contributed by atoms with Crippen molar-refractivity contribution in [3.8, 4) is 0 Å². The van der Waals surface area contributed by atoms with Crippen molar-refractivity contribution in [2.24, 2.45) is 11.5 Å². The second-order valence-electron chi connectivity index (χ2n) is 2.44. The van der Waals surface area contributed by atoms with E-state index < -0.39 is 0 Å². The molecule has 0 atom stereocenters. The third kappa shape index (κ3) is 5.88. The Hall–Kier alpha value is -0.120. The van der Waals surface area contributed by atoms with Crippen LogP contribution in [0.4, 0.5) is 0 Å². The molecule has 5 N–H and O–H groups in total. The molecule has 0 aromatic rings. The number of hydrogen-bond donors (Lipinski definition) is 3. The Morgan fingerprint density at radius 2 is 2.00 bits per heavy atom. The molecule has 0 bridgehead atoms. The standard InChI is InChI=1S/C5H15N3/c1-5(2,7)8-4-3-6/h8H,3-4,6-7H2,1-2H3. The van der Waals surface area contributed by atoms with Crippen LogP contribution >= 0.6 is 0 Å². The topological polar surface area (TPSA) is 64.1 Å². The Morgan fingerprint density at radius 1 is 1.50 bits per heavy atom. The molecule has 50 valence electrons. The predicted octanol–water partition coefficient (Wildman–Crippen LogP) is -0.770. The summed E-state index contributed by atoms with van der Waals surface area (Å²) in [4.78, 5) is 0. The van der Waals surface area contributed by atoms with E-state index in [2.05, 4.69) is 5.32 Å². The molecule has 0 radical (unpaired) electrons. The zero-order valence-electron chi connectivity index (χ0n) is 5.57. The summed E-state index contributed by atoms with van der Waals surface area (Å²) in [6.07, 6.45) is 0. The third-order valence-electron chi connectivity index (χ3n) is 0.725. The fraction of sp³-hybridized carbons (Fsp3) is 1.00. The van der Waals surface area contributed by atoms with Gasteiger partial charge in [0.05, 0.1) is 5.66 Å². The molecule has 8 heavy (non-hydrogen) atoms. The highest BCUT2D eigenvalue weighted by molar-refractivity contribution is 4.67. The van der Waals surface area contributed by atoms with Crippen LogP contribution in [-0.2, 0) is 0 Å². The second kappa shape index (κ2) is 3.02. The maximum Gasteiger partial charge on any atom is 0.0604 e. The molecule has 0 aromatic heterocycles. The van der Waals surface area contributed by atoms with Crippen LogP contribution in [0.25, 0.3) is 0 Å². The van der Waals surface area contributed by atoms with E-state index in [0.29, 0.717) is 6.54 Å². The van der Waals surface area contributed by atoms with E-state index in [1.54, 1.807) is 0 Å². The van der Waals surface area contributed by atoms with Crippen LogP contribution in [0.3, 0.4) is 0 Å². The van der Waals surface area contributed by atoms with Gasteiger partial charge in [-0.1, -0.05) is 0 Å². The van der Waals surface area contributed by atoms with E-state index in [1.807, 2.05) is 13.8 Å². The molecule has 0 saturated carbocycles. The Labute approximate surface area is 50.4 Å². The molecule has 3 nitrogen and oxygen atoms in total. The molecule has 0 amide bonds. The molecule has 0 heterocycles. The first-order valence-electron chi connectivity index (χ1n) is 2.80. The smallest absolute Gasteiger partial charge is 0.0604 e. The summed E-state index contributed by atoms with van der Waals surface area (Å²) in [6.45, 7) is 5.23.